The van der Waals surface area contributed by atoms with E-state index in [1.807, 2.05) is 0 Å². The van der Waals surface area contributed by atoms with Crippen molar-refractivity contribution in [2.45, 2.75) is 26.3 Å². The van der Waals surface area contributed by atoms with E-state index in [2.05, 4.69) is 10.1 Å². The third-order valence-corrected chi connectivity index (χ3v) is 2.97. The molecule has 0 spiro atoms. The van der Waals surface area contributed by atoms with E-state index in [4.69, 9.17) is 4.42 Å². The summed E-state index contributed by atoms with van der Waals surface area (Å²) in [6.45, 7) is 0.657. The van der Waals surface area contributed by atoms with Gasteiger partial charge in [-0.25, -0.2) is 0 Å². The number of nitrogens with one attached hydrogen (secondary N) is 1. The third-order valence-electron chi connectivity index (χ3n) is 2.97. The Morgan fingerprint density at radius 3 is 2.35 bits per heavy atom. The van der Waals surface area contributed by atoms with Gasteiger partial charge in [-0.15, -0.1) is 0 Å². The second-order valence-corrected chi connectivity index (χ2v) is 5.02. The van der Waals surface area contributed by atoms with Crippen LogP contribution >= 0.6 is 0 Å². The number of hydrogen-bond acceptors (Lipinski definition) is 3. The molecule has 1 aromatic heterocycles. The first-order valence-corrected chi connectivity index (χ1v) is 6.90. The molecular weight excluding hydrogens is 311 g/mol. The minimum atomic E-state index is -4.32. The minimum Gasteiger partial charge on any atom is -0.456 e. The molecule has 23 heavy (non-hydrogen) atoms. The van der Waals surface area contributed by atoms with Gasteiger partial charge >= 0.3 is 6.18 Å². The Balaban J connectivity index is 1.79. The molecule has 4 nitrogen and oxygen atoms in total. The van der Waals surface area contributed by atoms with Crippen LogP contribution in [0.1, 0.15) is 27.4 Å². The maximum Gasteiger partial charge on any atom is 0.411 e. The summed E-state index contributed by atoms with van der Waals surface area (Å²) < 4.78 is 45.7. The molecule has 0 radical (unpaired) electrons. The van der Waals surface area contributed by atoms with Crippen molar-refractivity contribution in [1.29, 1.82) is 0 Å². The molecule has 0 saturated heterocycles. The Labute approximate surface area is 131 Å². The van der Waals surface area contributed by atoms with Crippen LogP contribution in [-0.4, -0.2) is 18.7 Å². The second kappa shape index (κ2) is 7.32. The highest BCUT2D eigenvalue weighted by molar-refractivity contribution is 5.91. The number of amides is 1. The number of carbonyl (C=O) groups excluding carboxylic acids is 1. The lowest BCUT2D eigenvalue weighted by Gasteiger charge is -2.08. The number of ether oxygens (including phenoxy) is 1. The van der Waals surface area contributed by atoms with Crippen LogP contribution in [0, 0.1) is 6.92 Å². The van der Waals surface area contributed by atoms with Gasteiger partial charge in [0.15, 0.2) is 5.76 Å². The molecule has 0 bridgehead atoms. The van der Waals surface area contributed by atoms with Crippen molar-refractivity contribution in [3.05, 3.63) is 59.0 Å². The van der Waals surface area contributed by atoms with E-state index in [1.165, 1.54) is 0 Å². The van der Waals surface area contributed by atoms with Crippen molar-refractivity contribution in [3.8, 4) is 0 Å². The summed E-state index contributed by atoms with van der Waals surface area (Å²) in [4.78, 5) is 11.8. The van der Waals surface area contributed by atoms with Crippen LogP contribution in [0.5, 0.6) is 0 Å². The summed E-state index contributed by atoms with van der Waals surface area (Å²) in [6, 6.07) is 10.1. The molecule has 2 aromatic rings. The number of aryl methyl sites for hydroxylation is 1. The lowest BCUT2D eigenvalue weighted by atomic mass is 10.1. The molecule has 0 aliphatic carbocycles. The minimum absolute atomic E-state index is 0.113. The smallest absolute Gasteiger partial charge is 0.411 e. The summed E-state index contributed by atoms with van der Waals surface area (Å²) in [7, 11) is 0. The maximum atomic E-state index is 12.0. The maximum absolute atomic E-state index is 12.0. The van der Waals surface area contributed by atoms with Crippen LogP contribution in [0.2, 0.25) is 0 Å². The Hall–Kier alpha value is -2.28. The lowest BCUT2D eigenvalue weighted by molar-refractivity contribution is -0.176. The molecule has 1 aromatic carbocycles. The molecule has 0 aliphatic heterocycles. The molecule has 2 rings (SSSR count). The van der Waals surface area contributed by atoms with Gasteiger partial charge in [-0.3, -0.25) is 4.79 Å². The molecule has 0 fully saturated rings. The normalized spacial score (nSPS) is 11.5. The Bertz CT molecular complexity index is 647. The molecule has 1 N–H and O–H groups in total. The van der Waals surface area contributed by atoms with E-state index in [9.17, 15) is 18.0 Å². The number of halogens is 3. The van der Waals surface area contributed by atoms with Gasteiger partial charge in [-0.05, 0) is 30.2 Å². The van der Waals surface area contributed by atoms with Crippen molar-refractivity contribution in [2.24, 2.45) is 0 Å². The molecule has 124 valence electrons. The fourth-order valence-electron chi connectivity index (χ4n) is 1.86. The zero-order chi connectivity index (χ0) is 16.9. The average Bonchev–Trinajstić information content (AvgIpc) is 2.91. The summed E-state index contributed by atoms with van der Waals surface area (Å²) in [5.41, 5.74) is 1.45. The molecule has 0 aliphatic rings. The van der Waals surface area contributed by atoms with Crippen molar-refractivity contribution >= 4 is 5.91 Å². The molecule has 0 unspecified atom stereocenters. The highest BCUT2D eigenvalue weighted by atomic mass is 19.4. The molecule has 1 amide bonds. The van der Waals surface area contributed by atoms with Crippen LogP contribution < -0.4 is 5.32 Å². The van der Waals surface area contributed by atoms with Crippen molar-refractivity contribution in [2.75, 3.05) is 6.61 Å². The van der Waals surface area contributed by atoms with Gasteiger partial charge in [-0.2, -0.15) is 13.2 Å². The SMILES string of the molecule is Cc1ccc(C(=O)NCc2ccc(COCC(F)(F)F)cc2)o1. The van der Waals surface area contributed by atoms with E-state index < -0.39 is 12.8 Å². The van der Waals surface area contributed by atoms with Gasteiger partial charge in [0.1, 0.15) is 12.4 Å². The topological polar surface area (TPSA) is 51.5 Å². The first kappa shape index (κ1) is 17.1. The molecule has 0 saturated carbocycles. The summed E-state index contributed by atoms with van der Waals surface area (Å²) >= 11 is 0. The number of benzene rings is 1. The van der Waals surface area contributed by atoms with E-state index >= 15 is 0 Å². The van der Waals surface area contributed by atoms with Gasteiger partial charge in [-0.1, -0.05) is 24.3 Å². The number of furan rings is 1. The van der Waals surface area contributed by atoms with Crippen LogP contribution in [0.4, 0.5) is 13.2 Å². The third kappa shape index (κ3) is 5.78. The Morgan fingerprint density at radius 2 is 1.78 bits per heavy atom. The van der Waals surface area contributed by atoms with Gasteiger partial charge in [0.05, 0.1) is 6.61 Å². The highest BCUT2D eigenvalue weighted by Gasteiger charge is 2.27. The highest BCUT2D eigenvalue weighted by Crippen LogP contribution is 2.16. The van der Waals surface area contributed by atoms with Gasteiger partial charge in [0, 0.05) is 6.54 Å². The summed E-state index contributed by atoms with van der Waals surface area (Å²) in [5, 5.41) is 2.70. The average molecular weight is 327 g/mol. The lowest BCUT2D eigenvalue weighted by Crippen LogP contribution is -2.22. The largest absolute Gasteiger partial charge is 0.456 e. The van der Waals surface area contributed by atoms with Crippen LogP contribution in [0.25, 0.3) is 0 Å². The van der Waals surface area contributed by atoms with E-state index in [0.29, 0.717) is 17.9 Å². The standard InChI is InChI=1S/C16H16F3NO3/c1-11-2-7-14(23-11)15(21)20-8-12-3-5-13(6-4-12)9-22-10-16(17,18)19/h2-7H,8-10H2,1H3,(H,20,21). The van der Waals surface area contributed by atoms with Crippen LogP contribution in [0.3, 0.4) is 0 Å². The predicted octanol–water partition coefficient (Wildman–Crippen LogP) is 3.60. The van der Waals surface area contributed by atoms with Crippen molar-refractivity contribution < 1.29 is 27.1 Å². The van der Waals surface area contributed by atoms with Gasteiger partial charge in [0.2, 0.25) is 0 Å². The summed E-state index contributed by atoms with van der Waals surface area (Å²) in [5.74, 6) is 0.564. The van der Waals surface area contributed by atoms with Gasteiger partial charge in [0.25, 0.3) is 5.91 Å². The fraction of sp³-hybridized carbons (Fsp3) is 0.312. The second-order valence-electron chi connectivity index (χ2n) is 5.02. The number of alkyl halides is 3. The van der Waals surface area contributed by atoms with E-state index in [-0.39, 0.29) is 18.3 Å². The first-order valence-electron chi connectivity index (χ1n) is 6.90. The van der Waals surface area contributed by atoms with E-state index in [1.54, 1.807) is 43.3 Å². The van der Waals surface area contributed by atoms with Crippen LogP contribution in [0.15, 0.2) is 40.8 Å². The summed E-state index contributed by atoms with van der Waals surface area (Å²) in [6.07, 6.45) is -4.32. The zero-order valence-electron chi connectivity index (χ0n) is 12.4. The number of carbonyl (C=O) groups is 1. The Kier molecular flexibility index (Phi) is 5.44. The quantitative estimate of drug-likeness (QED) is 0.882. The first-order chi connectivity index (χ1) is 10.8. The monoisotopic (exact) mass is 327 g/mol. The number of rotatable bonds is 6. The molecule has 7 heteroatoms. The van der Waals surface area contributed by atoms with Crippen LogP contribution in [-0.2, 0) is 17.9 Å². The number of hydrogen-bond donors (Lipinski definition) is 1. The van der Waals surface area contributed by atoms with Gasteiger partial charge < -0.3 is 14.5 Å². The van der Waals surface area contributed by atoms with E-state index in [0.717, 1.165) is 5.56 Å². The van der Waals surface area contributed by atoms with Crippen molar-refractivity contribution in [3.63, 3.8) is 0 Å². The predicted molar refractivity (Wildman–Crippen MR) is 76.8 cm³/mol. The van der Waals surface area contributed by atoms with Crippen molar-refractivity contribution in [1.82, 2.24) is 5.32 Å². The molecular formula is C16H16F3NO3. The molecule has 0 atom stereocenters. The Morgan fingerprint density at radius 1 is 1.13 bits per heavy atom. The zero-order valence-corrected chi connectivity index (χ0v) is 12.4. The molecule has 1 heterocycles. The fourth-order valence-corrected chi connectivity index (χ4v) is 1.86.